The molecule has 0 saturated heterocycles. The van der Waals surface area contributed by atoms with Crippen molar-refractivity contribution in [2.45, 2.75) is 19.4 Å². The topological polar surface area (TPSA) is 42.0 Å². The fourth-order valence-corrected chi connectivity index (χ4v) is 1.60. The molecule has 1 unspecified atom stereocenters. The highest BCUT2D eigenvalue weighted by atomic mass is 79.9. The average molecular weight is 269 g/mol. The SMILES string of the molecule is C=CCC(C)NC(=O)c1cccnc1Br. The molecule has 0 radical (unpaired) electrons. The lowest BCUT2D eigenvalue weighted by Gasteiger charge is -2.11. The van der Waals surface area contributed by atoms with Crippen LogP contribution in [0.2, 0.25) is 0 Å². The van der Waals surface area contributed by atoms with E-state index >= 15 is 0 Å². The summed E-state index contributed by atoms with van der Waals surface area (Å²) in [5, 5.41) is 2.86. The third-order valence-electron chi connectivity index (χ3n) is 1.90. The summed E-state index contributed by atoms with van der Waals surface area (Å²) >= 11 is 3.23. The minimum atomic E-state index is -0.121. The second kappa shape index (κ2) is 5.66. The first-order valence-corrected chi connectivity index (χ1v) is 5.46. The first-order chi connectivity index (χ1) is 7.15. The van der Waals surface area contributed by atoms with Crippen LogP contribution in [0.15, 0.2) is 35.6 Å². The van der Waals surface area contributed by atoms with Crippen LogP contribution < -0.4 is 5.32 Å². The molecule has 1 rings (SSSR count). The zero-order chi connectivity index (χ0) is 11.3. The summed E-state index contributed by atoms with van der Waals surface area (Å²) in [4.78, 5) is 15.7. The lowest BCUT2D eigenvalue weighted by Crippen LogP contribution is -2.32. The van der Waals surface area contributed by atoms with E-state index in [1.54, 1.807) is 24.4 Å². The Morgan fingerprint density at radius 3 is 3.13 bits per heavy atom. The molecule has 1 amide bonds. The van der Waals surface area contributed by atoms with Crippen LogP contribution in [0.4, 0.5) is 0 Å². The van der Waals surface area contributed by atoms with Gasteiger partial charge in [-0.1, -0.05) is 6.08 Å². The molecule has 0 saturated carbocycles. The summed E-state index contributed by atoms with van der Waals surface area (Å²) in [6.07, 6.45) is 4.17. The Hall–Kier alpha value is -1.16. The quantitative estimate of drug-likeness (QED) is 0.674. The van der Waals surface area contributed by atoms with Gasteiger partial charge in [0, 0.05) is 12.2 Å². The van der Waals surface area contributed by atoms with E-state index in [1.165, 1.54) is 0 Å². The minimum Gasteiger partial charge on any atom is -0.349 e. The molecule has 0 aliphatic rings. The Bertz CT molecular complexity index is 365. The molecular formula is C11H13BrN2O. The van der Waals surface area contributed by atoms with E-state index in [0.717, 1.165) is 6.42 Å². The van der Waals surface area contributed by atoms with E-state index in [9.17, 15) is 4.79 Å². The van der Waals surface area contributed by atoms with Gasteiger partial charge < -0.3 is 5.32 Å². The van der Waals surface area contributed by atoms with Crippen LogP contribution in [0.5, 0.6) is 0 Å². The Labute approximate surface area is 97.7 Å². The number of hydrogen-bond acceptors (Lipinski definition) is 2. The van der Waals surface area contributed by atoms with E-state index in [1.807, 2.05) is 6.92 Å². The normalized spacial score (nSPS) is 11.9. The lowest BCUT2D eigenvalue weighted by atomic mass is 10.2. The Morgan fingerprint density at radius 1 is 1.80 bits per heavy atom. The molecule has 15 heavy (non-hydrogen) atoms. The fraction of sp³-hybridized carbons (Fsp3) is 0.273. The summed E-state index contributed by atoms with van der Waals surface area (Å²) in [5.74, 6) is -0.121. The van der Waals surface area contributed by atoms with Gasteiger partial charge in [0.1, 0.15) is 4.60 Å². The van der Waals surface area contributed by atoms with Crippen molar-refractivity contribution in [1.29, 1.82) is 0 Å². The van der Waals surface area contributed by atoms with Crippen molar-refractivity contribution in [2.75, 3.05) is 0 Å². The second-order valence-electron chi connectivity index (χ2n) is 3.24. The Morgan fingerprint density at radius 2 is 2.53 bits per heavy atom. The largest absolute Gasteiger partial charge is 0.349 e. The number of carbonyl (C=O) groups excluding carboxylic acids is 1. The van der Waals surface area contributed by atoms with Gasteiger partial charge in [0.25, 0.3) is 5.91 Å². The maximum absolute atomic E-state index is 11.7. The fourth-order valence-electron chi connectivity index (χ4n) is 1.17. The van der Waals surface area contributed by atoms with Crippen LogP contribution in [-0.2, 0) is 0 Å². The van der Waals surface area contributed by atoms with Gasteiger partial charge in [-0.3, -0.25) is 4.79 Å². The van der Waals surface area contributed by atoms with Gasteiger partial charge >= 0.3 is 0 Å². The van der Waals surface area contributed by atoms with Crippen LogP contribution >= 0.6 is 15.9 Å². The van der Waals surface area contributed by atoms with Crippen molar-refractivity contribution < 1.29 is 4.79 Å². The van der Waals surface area contributed by atoms with Gasteiger partial charge in [0.15, 0.2) is 0 Å². The molecule has 0 spiro atoms. The highest BCUT2D eigenvalue weighted by Gasteiger charge is 2.11. The molecule has 0 aliphatic carbocycles. The van der Waals surface area contributed by atoms with Crippen LogP contribution in [-0.4, -0.2) is 16.9 Å². The summed E-state index contributed by atoms with van der Waals surface area (Å²) in [5.41, 5.74) is 0.549. The third kappa shape index (κ3) is 3.47. The summed E-state index contributed by atoms with van der Waals surface area (Å²) in [7, 11) is 0. The molecule has 1 aromatic rings. The average Bonchev–Trinajstić information content (AvgIpc) is 2.18. The number of nitrogens with one attached hydrogen (secondary N) is 1. The second-order valence-corrected chi connectivity index (χ2v) is 3.99. The van der Waals surface area contributed by atoms with Crippen molar-refractivity contribution in [3.8, 4) is 0 Å². The molecule has 0 bridgehead atoms. The predicted octanol–water partition coefficient (Wildman–Crippen LogP) is 2.54. The molecule has 3 nitrogen and oxygen atoms in total. The van der Waals surface area contributed by atoms with Gasteiger partial charge in [0.2, 0.25) is 0 Å². The number of halogens is 1. The number of hydrogen-bond donors (Lipinski definition) is 1. The molecule has 80 valence electrons. The minimum absolute atomic E-state index is 0.0853. The standard InChI is InChI=1S/C11H13BrN2O/c1-3-5-8(2)14-11(15)9-6-4-7-13-10(9)12/h3-4,6-8H,1,5H2,2H3,(H,14,15). The van der Waals surface area contributed by atoms with Gasteiger partial charge in [-0.05, 0) is 41.4 Å². The Balaban J connectivity index is 2.69. The highest BCUT2D eigenvalue weighted by Crippen LogP contribution is 2.12. The number of carbonyl (C=O) groups is 1. The first kappa shape index (κ1) is 11.9. The number of aromatic nitrogens is 1. The highest BCUT2D eigenvalue weighted by molar-refractivity contribution is 9.10. The zero-order valence-electron chi connectivity index (χ0n) is 8.53. The van der Waals surface area contributed by atoms with Crippen molar-refractivity contribution in [3.63, 3.8) is 0 Å². The number of nitrogens with zero attached hydrogens (tertiary/aromatic N) is 1. The Kier molecular flexibility index (Phi) is 4.49. The van der Waals surface area contributed by atoms with E-state index in [-0.39, 0.29) is 11.9 Å². The van der Waals surface area contributed by atoms with Gasteiger partial charge in [-0.2, -0.15) is 0 Å². The molecule has 0 aromatic carbocycles. The molecule has 1 heterocycles. The van der Waals surface area contributed by atoms with Crippen LogP contribution in [0.3, 0.4) is 0 Å². The first-order valence-electron chi connectivity index (χ1n) is 4.67. The summed E-state index contributed by atoms with van der Waals surface area (Å²) in [6, 6.07) is 3.55. The van der Waals surface area contributed by atoms with Crippen LogP contribution in [0, 0.1) is 0 Å². The van der Waals surface area contributed by atoms with Gasteiger partial charge in [0.05, 0.1) is 5.56 Å². The molecule has 0 aliphatic heterocycles. The van der Waals surface area contributed by atoms with Gasteiger partial charge in [-0.25, -0.2) is 4.98 Å². The summed E-state index contributed by atoms with van der Waals surface area (Å²) < 4.78 is 0.563. The molecule has 0 fully saturated rings. The molecule has 4 heteroatoms. The maximum atomic E-state index is 11.7. The monoisotopic (exact) mass is 268 g/mol. The molecule has 1 aromatic heterocycles. The summed E-state index contributed by atoms with van der Waals surface area (Å²) in [6.45, 7) is 5.56. The van der Waals surface area contributed by atoms with Crippen molar-refractivity contribution in [1.82, 2.24) is 10.3 Å². The van der Waals surface area contributed by atoms with Crippen LogP contribution in [0.1, 0.15) is 23.7 Å². The predicted molar refractivity (Wildman–Crippen MR) is 63.7 cm³/mol. The van der Waals surface area contributed by atoms with E-state index in [4.69, 9.17) is 0 Å². The molecule has 1 atom stereocenters. The van der Waals surface area contributed by atoms with Gasteiger partial charge in [-0.15, -0.1) is 6.58 Å². The lowest BCUT2D eigenvalue weighted by molar-refractivity contribution is 0.0939. The third-order valence-corrected chi connectivity index (χ3v) is 2.53. The molecule has 1 N–H and O–H groups in total. The van der Waals surface area contributed by atoms with Crippen molar-refractivity contribution >= 4 is 21.8 Å². The van der Waals surface area contributed by atoms with Crippen molar-refractivity contribution in [2.24, 2.45) is 0 Å². The smallest absolute Gasteiger partial charge is 0.254 e. The van der Waals surface area contributed by atoms with E-state index < -0.39 is 0 Å². The number of rotatable bonds is 4. The van der Waals surface area contributed by atoms with Crippen LogP contribution in [0.25, 0.3) is 0 Å². The van der Waals surface area contributed by atoms with E-state index in [0.29, 0.717) is 10.2 Å². The number of amides is 1. The zero-order valence-corrected chi connectivity index (χ0v) is 10.1. The van der Waals surface area contributed by atoms with Crippen molar-refractivity contribution in [3.05, 3.63) is 41.2 Å². The number of pyridine rings is 1. The van der Waals surface area contributed by atoms with E-state index in [2.05, 4.69) is 32.8 Å². The maximum Gasteiger partial charge on any atom is 0.254 e. The molecular weight excluding hydrogens is 256 g/mol.